The Balaban J connectivity index is 1.55. The highest BCUT2D eigenvalue weighted by molar-refractivity contribution is 5.88. The zero-order valence-electron chi connectivity index (χ0n) is 18.2. The third-order valence-corrected chi connectivity index (χ3v) is 5.09. The molecule has 2 aromatic rings. The van der Waals surface area contributed by atoms with Crippen molar-refractivity contribution < 1.29 is 15.1 Å². The zero-order valence-corrected chi connectivity index (χ0v) is 18.2. The van der Waals surface area contributed by atoms with Crippen molar-refractivity contribution in [3.05, 3.63) is 48.0 Å². The molecule has 2 rings (SSSR count). The average molecular weight is 405 g/mol. The van der Waals surface area contributed by atoms with Gasteiger partial charge in [-0.3, -0.25) is 0 Å². The lowest BCUT2D eigenvalue weighted by molar-refractivity contribution is -0.883. The van der Waals surface area contributed by atoms with Crippen LogP contribution in [0.4, 0.5) is 0 Å². The Morgan fingerprint density at radius 3 is 2.37 bits per heavy atom. The molecule has 3 nitrogen and oxygen atoms in total. The third-order valence-electron chi connectivity index (χ3n) is 5.09. The summed E-state index contributed by atoms with van der Waals surface area (Å²) in [4.78, 5) is 16.8. The van der Waals surface area contributed by atoms with Gasteiger partial charge in [0, 0.05) is 17.9 Å². The van der Waals surface area contributed by atoms with E-state index in [2.05, 4.69) is 48.8 Å². The van der Waals surface area contributed by atoms with Crippen LogP contribution in [0.25, 0.3) is 10.8 Å². The minimum Gasteiger partial charge on any atom is -0.0891 e. The van der Waals surface area contributed by atoms with E-state index in [1.807, 2.05) is 24.3 Å². The monoisotopic (exact) mass is 404 g/mol. The Morgan fingerprint density at radius 1 is 0.867 bits per heavy atom. The maximum Gasteiger partial charge on any atom is 0.715 e. The summed E-state index contributed by atoms with van der Waals surface area (Å²) in [6, 6.07) is 14.3. The molecule has 0 aliphatic carbocycles. The predicted molar refractivity (Wildman–Crippen MR) is 123 cm³/mol. The van der Waals surface area contributed by atoms with E-state index in [9.17, 15) is 4.79 Å². The van der Waals surface area contributed by atoms with Gasteiger partial charge >= 0.3 is 5.97 Å². The van der Waals surface area contributed by atoms with Gasteiger partial charge in [0.05, 0.1) is 4.79 Å². The summed E-state index contributed by atoms with van der Waals surface area (Å²) in [6.07, 6.45) is 12.6. The number of rotatable bonds is 12. The highest BCUT2D eigenvalue weighted by atomic mass is 16.7. The molecule has 0 amide bonds. The molecule has 157 valence electrons. The van der Waals surface area contributed by atoms with Gasteiger partial charge in [0.2, 0.25) is 0 Å². The maximum absolute atomic E-state index is 11.7. The number of nitrogens with two attached hydrogens (primary N) is 1. The Kier molecular flexibility index (Phi) is 11.9. The molecule has 0 aliphatic rings. The lowest BCUT2D eigenvalue weighted by Crippen LogP contribution is -2.82. The van der Waals surface area contributed by atoms with Gasteiger partial charge in [-0.15, -0.1) is 0 Å². The summed E-state index contributed by atoms with van der Waals surface area (Å²) in [5.74, 6) is 10.2. The van der Waals surface area contributed by atoms with Gasteiger partial charge in [0.1, 0.15) is 5.92 Å². The fourth-order valence-corrected chi connectivity index (χ4v) is 3.42. The lowest BCUT2D eigenvalue weighted by Gasteiger charge is -2.01. The Labute approximate surface area is 181 Å². The van der Waals surface area contributed by atoms with E-state index in [1.54, 1.807) is 0 Å². The fourth-order valence-electron chi connectivity index (χ4n) is 3.42. The molecule has 0 aliphatic heterocycles. The van der Waals surface area contributed by atoms with Gasteiger partial charge in [0.15, 0.2) is 6.54 Å². The first kappa shape index (κ1) is 23.5. The second kappa shape index (κ2) is 15.1. The molecule has 2 aromatic carbocycles. The van der Waals surface area contributed by atoms with Crippen LogP contribution in [0.2, 0.25) is 0 Å². The van der Waals surface area contributed by atoms with Gasteiger partial charge in [-0.1, -0.05) is 117 Å². The molecule has 2 N–H and O–H groups in total. The summed E-state index contributed by atoms with van der Waals surface area (Å²) in [6.45, 7) is 2.80. The van der Waals surface area contributed by atoms with Gasteiger partial charge in [-0.2, -0.15) is 0 Å². The van der Waals surface area contributed by atoms with Gasteiger partial charge in [-0.05, 0) is 23.1 Å². The second-order valence-corrected chi connectivity index (χ2v) is 7.54. The quantitative estimate of drug-likeness (QED) is 0.226. The zero-order chi connectivity index (χ0) is 21.3. The first-order valence-electron chi connectivity index (χ1n) is 11.3. The number of benzene rings is 2. The standard InChI is InChI=1S/C27H33NO2/c1-2-3-4-5-6-7-8-9-10-11-12-13-14-22-27(29)30-28-23-25-20-17-19-24-18-15-16-21-26(24)25/h15-21,28H,2-11,23H2,1H3/q+1/p+1. The van der Waals surface area contributed by atoms with Crippen molar-refractivity contribution in [3.8, 4) is 23.7 Å². The summed E-state index contributed by atoms with van der Waals surface area (Å²) < 4.78 is 0. The lowest BCUT2D eigenvalue weighted by atomic mass is 10.1. The molecule has 0 saturated heterocycles. The van der Waals surface area contributed by atoms with E-state index in [-0.39, 0.29) is 0 Å². The molecule has 0 heterocycles. The largest absolute Gasteiger partial charge is 0.715 e. The smallest absolute Gasteiger partial charge is 0.0891 e. The molecule has 30 heavy (non-hydrogen) atoms. The average Bonchev–Trinajstić information content (AvgIpc) is 2.77. The van der Waals surface area contributed by atoms with E-state index in [1.165, 1.54) is 67.6 Å². The number of fused-ring (bicyclic) bond motifs is 1. The molecular formula is C27H34NO2+2. The van der Waals surface area contributed by atoms with Crippen LogP contribution in [-0.2, 0) is 16.2 Å². The van der Waals surface area contributed by atoms with Crippen molar-refractivity contribution in [1.29, 1.82) is 0 Å². The highest BCUT2D eigenvalue weighted by Gasteiger charge is 2.17. The summed E-state index contributed by atoms with van der Waals surface area (Å²) in [5, 5.41) is 2.34. The van der Waals surface area contributed by atoms with Crippen LogP contribution in [0.5, 0.6) is 0 Å². The SMILES string of the molecule is CCCCCCCCCCCC#CC#CC(=[O+])O[NH2+]Cc1cccc2ccccc12. The van der Waals surface area contributed by atoms with E-state index in [0.29, 0.717) is 6.54 Å². The van der Waals surface area contributed by atoms with Crippen molar-refractivity contribution >= 4 is 16.7 Å². The third kappa shape index (κ3) is 9.64. The highest BCUT2D eigenvalue weighted by Crippen LogP contribution is 2.17. The number of quaternary nitrogens is 1. The number of unbranched alkanes of at least 4 members (excludes halogenated alkanes) is 9. The van der Waals surface area contributed by atoms with E-state index in [0.717, 1.165) is 18.4 Å². The summed E-state index contributed by atoms with van der Waals surface area (Å²) in [5.41, 5.74) is 2.63. The number of carbonyl (C=O) groups is 1. The van der Waals surface area contributed by atoms with Crippen LogP contribution in [0.3, 0.4) is 0 Å². The Bertz CT molecular complexity index is 890. The van der Waals surface area contributed by atoms with E-state index in [4.69, 9.17) is 4.84 Å². The van der Waals surface area contributed by atoms with Crippen molar-refractivity contribution in [2.75, 3.05) is 0 Å². The number of hydrogen-bond acceptors (Lipinski definition) is 2. The predicted octanol–water partition coefficient (Wildman–Crippen LogP) is 5.29. The van der Waals surface area contributed by atoms with E-state index >= 15 is 0 Å². The molecule has 0 fully saturated rings. The van der Waals surface area contributed by atoms with Crippen LogP contribution < -0.4 is 5.48 Å². The number of hydrogen-bond donors (Lipinski definition) is 1. The normalized spacial score (nSPS) is 10.0. The molecule has 0 aromatic heterocycles. The molecule has 0 unspecified atom stereocenters. The molecule has 0 saturated carbocycles. The van der Waals surface area contributed by atoms with Crippen LogP contribution in [0.15, 0.2) is 42.5 Å². The topological polar surface area (TPSA) is 45.7 Å². The molecular weight excluding hydrogens is 370 g/mol. The van der Waals surface area contributed by atoms with Crippen LogP contribution >= 0.6 is 0 Å². The van der Waals surface area contributed by atoms with Crippen molar-refractivity contribution in [2.45, 2.75) is 77.7 Å². The number of hydroxylamine groups is 1. The van der Waals surface area contributed by atoms with Crippen LogP contribution in [0, 0.1) is 23.7 Å². The summed E-state index contributed by atoms with van der Waals surface area (Å²) >= 11 is 0. The Hall–Kier alpha value is -2.75. The first-order chi connectivity index (χ1) is 14.8. The molecule has 1 radical (unpaired) electrons. The van der Waals surface area contributed by atoms with Crippen LogP contribution in [-0.4, -0.2) is 5.97 Å². The van der Waals surface area contributed by atoms with Gasteiger partial charge < -0.3 is 0 Å². The van der Waals surface area contributed by atoms with Gasteiger partial charge in [-0.25, -0.2) is 0 Å². The van der Waals surface area contributed by atoms with Crippen molar-refractivity contribution in [1.82, 2.24) is 0 Å². The van der Waals surface area contributed by atoms with Crippen molar-refractivity contribution in [2.24, 2.45) is 0 Å². The van der Waals surface area contributed by atoms with Crippen molar-refractivity contribution in [3.63, 3.8) is 0 Å². The fraction of sp³-hybridized carbons (Fsp3) is 0.444. The molecule has 0 spiro atoms. The molecule has 0 bridgehead atoms. The molecule has 3 heteroatoms. The Morgan fingerprint density at radius 2 is 1.57 bits per heavy atom. The summed E-state index contributed by atoms with van der Waals surface area (Å²) in [7, 11) is 0. The maximum atomic E-state index is 11.7. The second-order valence-electron chi connectivity index (χ2n) is 7.54. The first-order valence-corrected chi connectivity index (χ1v) is 11.3. The van der Waals surface area contributed by atoms with Gasteiger partial charge in [0.25, 0.3) is 0 Å². The van der Waals surface area contributed by atoms with E-state index < -0.39 is 5.97 Å². The minimum absolute atomic E-state index is 0.555. The molecule has 0 atom stereocenters. The minimum atomic E-state index is -0.562. The van der Waals surface area contributed by atoms with Crippen LogP contribution in [0.1, 0.15) is 76.7 Å². The number of carbonyl (C=O) groups excluding carboxylic acids is 1.